The van der Waals surface area contributed by atoms with Crippen LogP contribution in [0, 0.1) is 0 Å². The lowest BCUT2D eigenvalue weighted by molar-refractivity contribution is -0.137. The number of halogens is 3. The molecule has 1 N–H and O–H groups in total. The molecule has 2 aromatic carbocycles. The maximum atomic E-state index is 13.5. The number of carbonyl (C=O) groups is 3. The van der Waals surface area contributed by atoms with E-state index in [1.54, 1.807) is 34.1 Å². The molecular formula is C33H34F3N5O5. The number of rotatable bonds is 6. The first kappa shape index (κ1) is 32.3. The van der Waals surface area contributed by atoms with Crippen LogP contribution in [0.3, 0.4) is 0 Å². The number of nitrogens with zero attached hydrogens (tertiary/aromatic N) is 4. The molecule has 0 saturated carbocycles. The van der Waals surface area contributed by atoms with Crippen molar-refractivity contribution in [2.24, 2.45) is 0 Å². The van der Waals surface area contributed by atoms with Gasteiger partial charge in [0.2, 0.25) is 5.88 Å². The Morgan fingerprint density at radius 1 is 0.891 bits per heavy atom. The van der Waals surface area contributed by atoms with Gasteiger partial charge < -0.3 is 29.2 Å². The average molecular weight is 638 g/mol. The number of anilines is 1. The predicted molar refractivity (Wildman–Crippen MR) is 165 cm³/mol. The van der Waals surface area contributed by atoms with Gasteiger partial charge in [0.15, 0.2) is 0 Å². The van der Waals surface area contributed by atoms with E-state index in [4.69, 9.17) is 9.47 Å². The molecule has 46 heavy (non-hydrogen) atoms. The fraction of sp³-hybridized carbons (Fsp3) is 0.333. The smallest absolute Gasteiger partial charge is 0.416 e. The van der Waals surface area contributed by atoms with Gasteiger partial charge in [-0.2, -0.15) is 13.2 Å². The molecule has 0 atom stereocenters. The van der Waals surface area contributed by atoms with E-state index < -0.39 is 23.2 Å². The van der Waals surface area contributed by atoms with Crippen LogP contribution in [0.4, 0.5) is 23.7 Å². The summed E-state index contributed by atoms with van der Waals surface area (Å²) in [4.78, 5) is 46.0. The quantitative estimate of drug-likeness (QED) is 0.249. The van der Waals surface area contributed by atoms with Gasteiger partial charge in [0.25, 0.3) is 11.8 Å². The van der Waals surface area contributed by atoms with E-state index in [9.17, 15) is 27.6 Å². The Morgan fingerprint density at radius 3 is 2.15 bits per heavy atom. The van der Waals surface area contributed by atoms with Gasteiger partial charge in [-0.15, -0.1) is 0 Å². The third-order valence-electron chi connectivity index (χ3n) is 7.32. The minimum atomic E-state index is -4.49. The Labute approximate surface area is 263 Å². The molecule has 0 spiro atoms. The Hall–Kier alpha value is -5.07. The average Bonchev–Trinajstić information content (AvgIpc) is 3.38. The third kappa shape index (κ3) is 7.41. The van der Waals surface area contributed by atoms with Gasteiger partial charge in [0.05, 0.1) is 17.4 Å². The molecule has 1 aliphatic rings. The maximum absolute atomic E-state index is 13.5. The molecule has 1 aliphatic heterocycles. The highest BCUT2D eigenvalue weighted by atomic mass is 19.4. The van der Waals surface area contributed by atoms with Crippen molar-refractivity contribution >= 4 is 34.5 Å². The number of aromatic nitrogens is 2. The summed E-state index contributed by atoms with van der Waals surface area (Å²) in [7, 11) is 0. The fourth-order valence-electron chi connectivity index (χ4n) is 5.06. The summed E-state index contributed by atoms with van der Waals surface area (Å²) in [5.74, 6) is 0.0334. The SMILES string of the molecule is CCn1c(C(=O)N2CCN(C(=O)OC(C)(C)C)CC2)cc2cc(Oc3ccc(NC(=O)c4ccc(C(F)(F)F)cc4)cn3)ccc21. The summed E-state index contributed by atoms with van der Waals surface area (Å²) in [5, 5.41) is 3.40. The third-order valence-corrected chi connectivity index (χ3v) is 7.32. The Bertz CT molecular complexity index is 1740. The molecule has 0 radical (unpaired) electrons. The van der Waals surface area contributed by atoms with E-state index in [1.807, 2.05) is 44.4 Å². The van der Waals surface area contributed by atoms with Crippen molar-refractivity contribution in [1.29, 1.82) is 0 Å². The van der Waals surface area contributed by atoms with E-state index >= 15 is 0 Å². The van der Waals surface area contributed by atoms with Gasteiger partial charge in [-0.05, 0) is 82.3 Å². The highest BCUT2D eigenvalue weighted by Crippen LogP contribution is 2.30. The molecule has 4 aromatic rings. The number of amides is 3. The summed E-state index contributed by atoms with van der Waals surface area (Å²) in [5.41, 5.74) is 0.373. The second-order valence-electron chi connectivity index (χ2n) is 11.8. The van der Waals surface area contributed by atoms with E-state index in [0.717, 1.165) is 35.2 Å². The number of alkyl halides is 3. The van der Waals surface area contributed by atoms with Crippen LogP contribution >= 0.6 is 0 Å². The van der Waals surface area contributed by atoms with Crippen LogP contribution in [0.1, 0.15) is 54.1 Å². The standard InChI is InChI=1S/C33H34F3N5O5/c1-5-41-26-12-11-25(18-22(26)19-27(41)30(43)39-14-16-40(17-15-39)31(44)46-32(2,3)4)45-28-13-10-24(20-37-28)38-29(42)21-6-8-23(9-7-21)33(34,35)36/h6-13,18-20H,5,14-17H2,1-4H3,(H,38,42). The van der Waals surface area contributed by atoms with Gasteiger partial charge >= 0.3 is 12.3 Å². The highest BCUT2D eigenvalue weighted by molar-refractivity contribution is 6.04. The first-order chi connectivity index (χ1) is 21.7. The van der Waals surface area contributed by atoms with Crippen molar-refractivity contribution in [1.82, 2.24) is 19.4 Å². The van der Waals surface area contributed by atoms with E-state index in [2.05, 4.69) is 10.3 Å². The topological polar surface area (TPSA) is 106 Å². The van der Waals surface area contributed by atoms with Crippen molar-refractivity contribution in [3.05, 3.63) is 83.7 Å². The van der Waals surface area contributed by atoms with Crippen LogP contribution < -0.4 is 10.1 Å². The summed E-state index contributed by atoms with van der Waals surface area (Å²) in [6.07, 6.45) is -3.49. The predicted octanol–water partition coefficient (Wildman–Crippen LogP) is 6.81. The lowest BCUT2D eigenvalue weighted by Gasteiger charge is -2.35. The molecule has 13 heteroatoms. The van der Waals surface area contributed by atoms with Crippen LogP contribution in [-0.4, -0.2) is 69.0 Å². The molecule has 5 rings (SSSR count). The summed E-state index contributed by atoms with van der Waals surface area (Å²) >= 11 is 0. The number of carbonyl (C=O) groups excluding carboxylic acids is 3. The Balaban J connectivity index is 1.22. The van der Waals surface area contributed by atoms with Crippen molar-refractivity contribution in [2.45, 2.75) is 46.0 Å². The first-order valence-electron chi connectivity index (χ1n) is 14.7. The first-order valence-corrected chi connectivity index (χ1v) is 14.7. The molecule has 0 aliphatic carbocycles. The van der Waals surface area contributed by atoms with Crippen LogP contribution in [0.5, 0.6) is 11.6 Å². The van der Waals surface area contributed by atoms with Crippen LogP contribution in [0.15, 0.2) is 66.9 Å². The van der Waals surface area contributed by atoms with Gasteiger partial charge in [-0.1, -0.05) is 0 Å². The van der Waals surface area contributed by atoms with Crippen molar-refractivity contribution in [3.8, 4) is 11.6 Å². The Kier molecular flexibility index (Phi) is 8.95. The molecule has 0 unspecified atom stereocenters. The number of nitrogens with one attached hydrogen (secondary N) is 1. The zero-order chi connectivity index (χ0) is 33.2. The molecule has 242 valence electrons. The van der Waals surface area contributed by atoms with E-state index in [1.165, 1.54) is 6.20 Å². The van der Waals surface area contributed by atoms with E-state index in [0.29, 0.717) is 49.9 Å². The molecule has 1 saturated heterocycles. The maximum Gasteiger partial charge on any atom is 0.416 e. The zero-order valence-electron chi connectivity index (χ0n) is 25.9. The molecule has 1 fully saturated rings. The number of fused-ring (bicyclic) bond motifs is 1. The molecule has 10 nitrogen and oxygen atoms in total. The molecule has 3 heterocycles. The summed E-state index contributed by atoms with van der Waals surface area (Å²) in [6.45, 7) is 9.54. The summed E-state index contributed by atoms with van der Waals surface area (Å²) < 4.78 is 51.7. The monoisotopic (exact) mass is 637 g/mol. The van der Waals surface area contributed by atoms with Crippen molar-refractivity contribution in [2.75, 3.05) is 31.5 Å². The fourth-order valence-corrected chi connectivity index (χ4v) is 5.06. The number of pyridine rings is 1. The number of benzene rings is 2. The van der Waals surface area contributed by atoms with E-state index in [-0.39, 0.29) is 23.4 Å². The van der Waals surface area contributed by atoms with Crippen LogP contribution in [0.2, 0.25) is 0 Å². The van der Waals surface area contributed by atoms with Crippen LogP contribution in [0.25, 0.3) is 10.9 Å². The second kappa shape index (κ2) is 12.7. The summed E-state index contributed by atoms with van der Waals surface area (Å²) in [6, 6.07) is 14.3. The number of hydrogen-bond donors (Lipinski definition) is 1. The number of aryl methyl sites for hydroxylation is 1. The lowest BCUT2D eigenvalue weighted by atomic mass is 10.1. The van der Waals surface area contributed by atoms with Crippen molar-refractivity contribution in [3.63, 3.8) is 0 Å². The zero-order valence-corrected chi connectivity index (χ0v) is 25.9. The van der Waals surface area contributed by atoms with Gasteiger partial charge in [-0.25, -0.2) is 9.78 Å². The highest BCUT2D eigenvalue weighted by Gasteiger charge is 2.31. The van der Waals surface area contributed by atoms with Crippen LogP contribution in [-0.2, 0) is 17.5 Å². The minimum absolute atomic E-state index is 0.0709. The second-order valence-corrected chi connectivity index (χ2v) is 11.8. The van der Waals surface area contributed by atoms with Gasteiger partial charge in [-0.3, -0.25) is 9.59 Å². The van der Waals surface area contributed by atoms with Gasteiger partial charge in [0, 0.05) is 55.3 Å². The number of hydrogen-bond acceptors (Lipinski definition) is 6. The number of ether oxygens (including phenoxy) is 2. The molecular weight excluding hydrogens is 603 g/mol. The largest absolute Gasteiger partial charge is 0.444 e. The minimum Gasteiger partial charge on any atom is -0.444 e. The molecule has 3 amide bonds. The normalized spacial score (nSPS) is 13.9. The van der Waals surface area contributed by atoms with Crippen molar-refractivity contribution < 1.29 is 37.0 Å². The lowest BCUT2D eigenvalue weighted by Crippen LogP contribution is -2.51. The molecule has 2 aromatic heterocycles. The Morgan fingerprint density at radius 2 is 1.57 bits per heavy atom. The van der Waals surface area contributed by atoms with Gasteiger partial charge in [0.1, 0.15) is 17.0 Å². The molecule has 0 bridgehead atoms. The number of piperazine rings is 1.